The Kier molecular flexibility index (Phi) is 7.29. The van der Waals surface area contributed by atoms with E-state index in [0.29, 0.717) is 0 Å². The number of rotatable bonds is 4. The molecule has 1 saturated heterocycles. The molecule has 0 amide bonds. The molecule has 8 heteroatoms. The molecule has 1 aromatic heterocycles. The van der Waals surface area contributed by atoms with Crippen molar-refractivity contribution in [3.8, 4) is 0 Å². The number of aliphatic imine (C=N–C) groups is 1. The van der Waals surface area contributed by atoms with Crippen molar-refractivity contribution in [2.45, 2.75) is 6.54 Å². The number of guanidine groups is 1. The van der Waals surface area contributed by atoms with Crippen LogP contribution in [0.4, 0.5) is 5.69 Å². The van der Waals surface area contributed by atoms with Crippen LogP contribution in [0, 0.1) is 0 Å². The smallest absolute Gasteiger partial charge is 0.193 e. The topological polar surface area (TPSA) is 61.6 Å². The van der Waals surface area contributed by atoms with Crippen LogP contribution in [0.15, 0.2) is 48.0 Å². The van der Waals surface area contributed by atoms with Crippen molar-refractivity contribution >= 4 is 35.6 Å². The lowest BCUT2D eigenvalue weighted by Crippen LogP contribution is -2.52. The second kappa shape index (κ2) is 9.45. The molecule has 24 heavy (non-hydrogen) atoms. The minimum absolute atomic E-state index is 0. The summed E-state index contributed by atoms with van der Waals surface area (Å²) in [6, 6.07) is 10.6. The van der Waals surface area contributed by atoms with Crippen LogP contribution in [0.5, 0.6) is 0 Å². The first kappa shape index (κ1) is 18.5. The van der Waals surface area contributed by atoms with Gasteiger partial charge >= 0.3 is 0 Å². The van der Waals surface area contributed by atoms with Crippen molar-refractivity contribution in [3.05, 3.63) is 43.0 Å². The minimum atomic E-state index is 0. The van der Waals surface area contributed by atoms with Gasteiger partial charge in [-0.3, -0.25) is 9.67 Å². The van der Waals surface area contributed by atoms with Gasteiger partial charge in [0, 0.05) is 45.5 Å². The molecule has 3 rings (SSSR count). The molecule has 0 saturated carbocycles. The number of anilines is 1. The molecule has 130 valence electrons. The first-order chi connectivity index (χ1) is 11.4. The molecule has 0 bridgehead atoms. The molecule has 0 atom stereocenters. The Labute approximate surface area is 159 Å². The molecule has 7 nitrogen and oxygen atoms in total. The zero-order valence-corrected chi connectivity index (χ0v) is 16.2. The van der Waals surface area contributed by atoms with Crippen molar-refractivity contribution in [2.75, 3.05) is 44.7 Å². The van der Waals surface area contributed by atoms with Crippen molar-refractivity contribution < 1.29 is 0 Å². The van der Waals surface area contributed by atoms with E-state index in [-0.39, 0.29) is 24.0 Å². The lowest BCUT2D eigenvalue weighted by Gasteiger charge is -2.37. The van der Waals surface area contributed by atoms with Gasteiger partial charge in [-0.25, -0.2) is 4.98 Å². The highest BCUT2D eigenvalue weighted by molar-refractivity contribution is 14.0. The lowest BCUT2D eigenvalue weighted by atomic mass is 10.2. The summed E-state index contributed by atoms with van der Waals surface area (Å²) in [5, 5.41) is 7.50. The van der Waals surface area contributed by atoms with Gasteiger partial charge in [0.15, 0.2) is 5.96 Å². The fourth-order valence-corrected chi connectivity index (χ4v) is 2.78. The molecule has 1 aliphatic rings. The molecule has 0 unspecified atom stereocenters. The summed E-state index contributed by atoms with van der Waals surface area (Å²) in [5.41, 5.74) is 1.29. The number of hydrogen-bond donors (Lipinski definition) is 1. The van der Waals surface area contributed by atoms with Gasteiger partial charge in [-0.15, -0.1) is 24.0 Å². The minimum Gasteiger partial charge on any atom is -0.368 e. The van der Waals surface area contributed by atoms with Crippen molar-refractivity contribution in [3.63, 3.8) is 0 Å². The Morgan fingerprint density at radius 2 is 1.92 bits per heavy atom. The van der Waals surface area contributed by atoms with E-state index in [2.05, 4.69) is 60.5 Å². The standard InChI is InChI=1S/C16H23N7.HI/c1-17-16(19-7-8-23-14-18-13-20-23)22-11-9-21(10-12-22)15-5-3-2-4-6-15;/h2-6,13-14H,7-12H2,1H3,(H,17,19);1H. The van der Waals surface area contributed by atoms with E-state index in [1.54, 1.807) is 12.7 Å². The van der Waals surface area contributed by atoms with Gasteiger partial charge in [-0.05, 0) is 12.1 Å². The Hall–Kier alpha value is -1.84. The van der Waals surface area contributed by atoms with Crippen LogP contribution >= 0.6 is 24.0 Å². The summed E-state index contributed by atoms with van der Waals surface area (Å²) in [5.74, 6) is 0.956. The van der Waals surface area contributed by atoms with E-state index < -0.39 is 0 Å². The third-order valence-electron chi connectivity index (χ3n) is 4.00. The molecule has 2 heterocycles. The third-order valence-corrected chi connectivity index (χ3v) is 4.00. The molecule has 0 aliphatic carbocycles. The number of piperazine rings is 1. The Morgan fingerprint density at radius 1 is 1.17 bits per heavy atom. The van der Waals surface area contributed by atoms with Gasteiger partial charge in [0.05, 0.1) is 6.54 Å². The first-order valence-electron chi connectivity index (χ1n) is 7.95. The van der Waals surface area contributed by atoms with Gasteiger partial charge in [0.1, 0.15) is 12.7 Å². The normalized spacial score (nSPS) is 15.1. The zero-order chi connectivity index (χ0) is 15.9. The van der Waals surface area contributed by atoms with E-state index in [9.17, 15) is 0 Å². The molecule has 0 spiro atoms. The summed E-state index contributed by atoms with van der Waals surface area (Å²) >= 11 is 0. The lowest BCUT2D eigenvalue weighted by molar-refractivity contribution is 0.371. The maximum absolute atomic E-state index is 4.40. The van der Waals surface area contributed by atoms with E-state index in [1.807, 2.05) is 11.7 Å². The maximum Gasteiger partial charge on any atom is 0.193 e. The third kappa shape index (κ3) is 4.83. The largest absolute Gasteiger partial charge is 0.368 e. The highest BCUT2D eigenvalue weighted by Gasteiger charge is 2.19. The van der Waals surface area contributed by atoms with Gasteiger partial charge in [-0.1, -0.05) is 18.2 Å². The van der Waals surface area contributed by atoms with E-state index in [1.165, 1.54) is 5.69 Å². The van der Waals surface area contributed by atoms with Crippen LogP contribution in [0.1, 0.15) is 0 Å². The number of para-hydroxylation sites is 1. The molecular formula is C16H24IN7. The fraction of sp³-hybridized carbons (Fsp3) is 0.438. The average molecular weight is 441 g/mol. The van der Waals surface area contributed by atoms with E-state index in [4.69, 9.17) is 0 Å². The number of halogens is 1. The van der Waals surface area contributed by atoms with Crippen molar-refractivity contribution in [1.82, 2.24) is 25.0 Å². The Balaban J connectivity index is 0.00000208. The SMILES string of the molecule is CN=C(NCCn1cncn1)N1CCN(c2ccccc2)CC1.I. The van der Waals surface area contributed by atoms with Gasteiger partial charge in [0.25, 0.3) is 0 Å². The molecule has 1 N–H and O–H groups in total. The summed E-state index contributed by atoms with van der Waals surface area (Å²) in [6.07, 6.45) is 3.28. The van der Waals surface area contributed by atoms with Crippen LogP contribution in [0.3, 0.4) is 0 Å². The quantitative estimate of drug-likeness (QED) is 0.441. The maximum atomic E-state index is 4.40. The summed E-state index contributed by atoms with van der Waals surface area (Å²) in [6.45, 7) is 5.52. The summed E-state index contributed by atoms with van der Waals surface area (Å²) < 4.78 is 1.81. The zero-order valence-electron chi connectivity index (χ0n) is 13.9. The number of benzene rings is 1. The molecule has 1 aliphatic heterocycles. The number of hydrogen-bond acceptors (Lipinski definition) is 4. The Morgan fingerprint density at radius 3 is 2.54 bits per heavy atom. The van der Waals surface area contributed by atoms with Gasteiger partial charge in [-0.2, -0.15) is 5.10 Å². The Bertz CT molecular complexity index is 607. The number of nitrogens with zero attached hydrogens (tertiary/aromatic N) is 6. The number of aromatic nitrogens is 3. The van der Waals surface area contributed by atoms with Gasteiger partial charge in [0.2, 0.25) is 0 Å². The molecular weight excluding hydrogens is 417 g/mol. The average Bonchev–Trinajstić information content (AvgIpc) is 3.13. The van der Waals surface area contributed by atoms with Crippen LogP contribution in [-0.2, 0) is 6.54 Å². The van der Waals surface area contributed by atoms with Crippen molar-refractivity contribution in [1.29, 1.82) is 0 Å². The molecule has 2 aromatic rings. The van der Waals surface area contributed by atoms with Crippen LogP contribution < -0.4 is 10.2 Å². The van der Waals surface area contributed by atoms with Crippen molar-refractivity contribution in [2.24, 2.45) is 4.99 Å². The van der Waals surface area contributed by atoms with E-state index >= 15 is 0 Å². The van der Waals surface area contributed by atoms with Crippen LogP contribution in [0.2, 0.25) is 0 Å². The van der Waals surface area contributed by atoms with Gasteiger partial charge < -0.3 is 15.1 Å². The predicted molar refractivity (Wildman–Crippen MR) is 107 cm³/mol. The monoisotopic (exact) mass is 441 g/mol. The highest BCUT2D eigenvalue weighted by atomic mass is 127. The van der Waals surface area contributed by atoms with Crippen LogP contribution in [0.25, 0.3) is 0 Å². The second-order valence-electron chi connectivity index (χ2n) is 5.44. The molecule has 1 aromatic carbocycles. The molecule has 0 radical (unpaired) electrons. The predicted octanol–water partition coefficient (Wildman–Crippen LogP) is 1.29. The van der Waals surface area contributed by atoms with Crippen LogP contribution in [-0.4, -0.2) is 65.4 Å². The number of nitrogens with one attached hydrogen (secondary N) is 1. The first-order valence-corrected chi connectivity index (χ1v) is 7.95. The second-order valence-corrected chi connectivity index (χ2v) is 5.44. The summed E-state index contributed by atoms with van der Waals surface area (Å²) in [4.78, 5) is 13.1. The summed E-state index contributed by atoms with van der Waals surface area (Å²) in [7, 11) is 1.83. The molecule has 1 fully saturated rings. The highest BCUT2D eigenvalue weighted by Crippen LogP contribution is 2.15. The van der Waals surface area contributed by atoms with E-state index in [0.717, 1.165) is 45.2 Å². The fourth-order valence-electron chi connectivity index (χ4n) is 2.78.